The SMILES string of the molecule is COc1ccc(CC(=O)N2CC[C@H](O)[C@@H]2Cc2cnn(C)c2)cc1. The topological polar surface area (TPSA) is 67.6 Å². The van der Waals surface area contributed by atoms with Crippen LogP contribution >= 0.6 is 0 Å². The van der Waals surface area contributed by atoms with Gasteiger partial charge in [0.15, 0.2) is 0 Å². The standard InChI is InChI=1S/C18H23N3O3/c1-20-12-14(11-19-20)9-16-17(22)7-8-21(16)18(23)10-13-3-5-15(24-2)6-4-13/h3-6,11-12,16-17,22H,7-10H2,1-2H3/t16-,17-/m0/s1. The smallest absolute Gasteiger partial charge is 0.227 e. The average Bonchev–Trinajstić information content (AvgIpc) is 3.15. The van der Waals surface area contributed by atoms with E-state index in [9.17, 15) is 9.90 Å². The minimum absolute atomic E-state index is 0.0469. The number of aryl methyl sites for hydroxylation is 1. The highest BCUT2D eigenvalue weighted by molar-refractivity contribution is 5.79. The van der Waals surface area contributed by atoms with Crippen molar-refractivity contribution in [2.45, 2.75) is 31.4 Å². The van der Waals surface area contributed by atoms with Crippen LogP contribution in [0, 0.1) is 0 Å². The molecule has 1 fully saturated rings. The molecule has 2 aromatic rings. The molecule has 1 saturated heterocycles. The molecule has 6 nitrogen and oxygen atoms in total. The number of rotatable bonds is 5. The van der Waals surface area contributed by atoms with Gasteiger partial charge < -0.3 is 14.7 Å². The van der Waals surface area contributed by atoms with E-state index in [0.717, 1.165) is 16.9 Å². The first-order valence-electron chi connectivity index (χ1n) is 8.15. The second-order valence-electron chi connectivity index (χ2n) is 6.26. The van der Waals surface area contributed by atoms with Gasteiger partial charge >= 0.3 is 0 Å². The molecule has 0 bridgehead atoms. The molecule has 24 heavy (non-hydrogen) atoms. The summed E-state index contributed by atoms with van der Waals surface area (Å²) in [5, 5.41) is 14.4. The van der Waals surface area contributed by atoms with Crippen LogP contribution in [0.4, 0.5) is 0 Å². The molecule has 0 saturated carbocycles. The Balaban J connectivity index is 1.67. The fourth-order valence-electron chi connectivity index (χ4n) is 3.23. The van der Waals surface area contributed by atoms with E-state index < -0.39 is 6.10 Å². The van der Waals surface area contributed by atoms with Gasteiger partial charge in [0.25, 0.3) is 0 Å². The van der Waals surface area contributed by atoms with E-state index in [2.05, 4.69) is 5.10 Å². The molecule has 0 radical (unpaired) electrons. The summed E-state index contributed by atoms with van der Waals surface area (Å²) in [6.45, 7) is 0.598. The van der Waals surface area contributed by atoms with Gasteiger partial charge in [-0.1, -0.05) is 12.1 Å². The zero-order valence-electron chi connectivity index (χ0n) is 14.1. The number of hydrogen-bond donors (Lipinski definition) is 1. The Morgan fingerprint density at radius 3 is 2.71 bits per heavy atom. The molecular formula is C18H23N3O3. The molecule has 1 amide bonds. The lowest BCUT2D eigenvalue weighted by molar-refractivity contribution is -0.132. The number of carbonyl (C=O) groups excluding carboxylic acids is 1. The first-order valence-corrected chi connectivity index (χ1v) is 8.15. The van der Waals surface area contributed by atoms with Gasteiger partial charge in [0.05, 0.1) is 31.9 Å². The number of carbonyl (C=O) groups is 1. The van der Waals surface area contributed by atoms with Gasteiger partial charge in [-0.25, -0.2) is 0 Å². The third kappa shape index (κ3) is 3.59. The molecule has 3 rings (SSSR count). The third-order valence-corrected chi connectivity index (χ3v) is 4.55. The summed E-state index contributed by atoms with van der Waals surface area (Å²) in [7, 11) is 3.48. The number of amides is 1. The maximum absolute atomic E-state index is 12.7. The van der Waals surface area contributed by atoms with Crippen LogP contribution in [-0.2, 0) is 24.7 Å². The highest BCUT2D eigenvalue weighted by atomic mass is 16.5. The highest BCUT2D eigenvalue weighted by Gasteiger charge is 2.35. The molecule has 128 valence electrons. The van der Waals surface area contributed by atoms with E-state index in [4.69, 9.17) is 4.74 Å². The Kier molecular flexibility index (Phi) is 4.85. The van der Waals surface area contributed by atoms with Gasteiger partial charge in [-0.05, 0) is 36.1 Å². The highest BCUT2D eigenvalue weighted by Crippen LogP contribution is 2.23. The summed E-state index contributed by atoms with van der Waals surface area (Å²) in [6.07, 6.45) is 4.82. The van der Waals surface area contributed by atoms with Crippen molar-refractivity contribution in [3.8, 4) is 5.75 Å². The van der Waals surface area contributed by atoms with Gasteiger partial charge in [0.2, 0.25) is 5.91 Å². The zero-order valence-corrected chi connectivity index (χ0v) is 14.1. The largest absolute Gasteiger partial charge is 0.497 e. The summed E-state index contributed by atoms with van der Waals surface area (Å²) in [4.78, 5) is 14.5. The Labute approximate surface area is 141 Å². The second kappa shape index (κ2) is 7.05. The Morgan fingerprint density at radius 1 is 1.33 bits per heavy atom. The zero-order chi connectivity index (χ0) is 17.1. The van der Waals surface area contributed by atoms with E-state index in [1.807, 2.05) is 42.4 Å². The molecule has 1 aromatic heterocycles. The number of likely N-dealkylation sites (tertiary alicyclic amines) is 1. The van der Waals surface area contributed by atoms with E-state index in [1.54, 1.807) is 18.0 Å². The molecular weight excluding hydrogens is 306 g/mol. The predicted molar refractivity (Wildman–Crippen MR) is 89.7 cm³/mol. The van der Waals surface area contributed by atoms with Gasteiger partial charge in [-0.3, -0.25) is 9.48 Å². The van der Waals surface area contributed by atoms with Gasteiger partial charge in [-0.2, -0.15) is 5.10 Å². The molecule has 2 atom stereocenters. The maximum Gasteiger partial charge on any atom is 0.227 e. The lowest BCUT2D eigenvalue weighted by Crippen LogP contribution is -2.41. The molecule has 2 heterocycles. The van der Waals surface area contributed by atoms with Crippen LogP contribution in [0.5, 0.6) is 5.75 Å². The Hall–Kier alpha value is -2.34. The number of nitrogens with zero attached hydrogens (tertiary/aromatic N) is 3. The minimum Gasteiger partial charge on any atom is -0.497 e. The summed E-state index contributed by atoms with van der Waals surface area (Å²) in [5.74, 6) is 0.822. The molecule has 1 aliphatic rings. The van der Waals surface area contributed by atoms with Crippen molar-refractivity contribution in [2.75, 3.05) is 13.7 Å². The number of ether oxygens (including phenoxy) is 1. The van der Waals surface area contributed by atoms with Crippen LogP contribution in [0.15, 0.2) is 36.7 Å². The van der Waals surface area contributed by atoms with Crippen molar-refractivity contribution < 1.29 is 14.6 Å². The van der Waals surface area contributed by atoms with Crippen LogP contribution < -0.4 is 4.74 Å². The van der Waals surface area contributed by atoms with Crippen LogP contribution in [0.2, 0.25) is 0 Å². The van der Waals surface area contributed by atoms with Crippen molar-refractivity contribution in [3.63, 3.8) is 0 Å². The molecule has 1 aliphatic heterocycles. The molecule has 0 unspecified atom stereocenters. The number of aromatic nitrogens is 2. The molecule has 0 aliphatic carbocycles. The second-order valence-corrected chi connectivity index (χ2v) is 6.26. The molecule has 6 heteroatoms. The lowest BCUT2D eigenvalue weighted by atomic mass is 10.0. The first kappa shape index (κ1) is 16.5. The molecule has 1 aromatic carbocycles. The van der Waals surface area contributed by atoms with Gasteiger partial charge in [0.1, 0.15) is 5.75 Å². The van der Waals surface area contributed by atoms with Crippen molar-refractivity contribution in [2.24, 2.45) is 7.05 Å². The summed E-state index contributed by atoms with van der Waals surface area (Å²) < 4.78 is 6.87. The molecule has 1 N–H and O–H groups in total. The van der Waals surface area contributed by atoms with Crippen molar-refractivity contribution in [3.05, 3.63) is 47.8 Å². The normalized spacial score (nSPS) is 20.4. The fraction of sp³-hybridized carbons (Fsp3) is 0.444. The number of aliphatic hydroxyl groups is 1. The number of benzene rings is 1. The van der Waals surface area contributed by atoms with E-state index in [1.165, 1.54) is 0 Å². The first-order chi connectivity index (χ1) is 11.6. The van der Waals surface area contributed by atoms with Gasteiger partial charge in [0, 0.05) is 19.8 Å². The third-order valence-electron chi connectivity index (χ3n) is 4.55. The van der Waals surface area contributed by atoms with Crippen LogP contribution in [-0.4, -0.2) is 51.5 Å². The Bertz CT molecular complexity index is 696. The summed E-state index contributed by atoms with van der Waals surface area (Å²) in [5.41, 5.74) is 1.98. The van der Waals surface area contributed by atoms with Gasteiger partial charge in [-0.15, -0.1) is 0 Å². The van der Waals surface area contributed by atoms with Crippen molar-refractivity contribution in [1.82, 2.24) is 14.7 Å². The van der Waals surface area contributed by atoms with E-state index in [-0.39, 0.29) is 11.9 Å². The predicted octanol–water partition coefficient (Wildman–Crippen LogP) is 1.18. The summed E-state index contributed by atoms with van der Waals surface area (Å²) in [6, 6.07) is 7.34. The number of aliphatic hydroxyl groups excluding tert-OH is 1. The Morgan fingerprint density at radius 2 is 2.08 bits per heavy atom. The maximum atomic E-state index is 12.7. The van der Waals surface area contributed by atoms with Crippen LogP contribution in [0.3, 0.4) is 0 Å². The number of methoxy groups -OCH3 is 1. The van der Waals surface area contributed by atoms with Crippen LogP contribution in [0.25, 0.3) is 0 Å². The van der Waals surface area contributed by atoms with E-state index >= 15 is 0 Å². The fourth-order valence-corrected chi connectivity index (χ4v) is 3.23. The monoisotopic (exact) mass is 329 g/mol. The quantitative estimate of drug-likeness (QED) is 0.894. The average molecular weight is 329 g/mol. The van der Waals surface area contributed by atoms with E-state index in [0.29, 0.717) is 25.8 Å². The summed E-state index contributed by atoms with van der Waals surface area (Å²) >= 11 is 0. The van der Waals surface area contributed by atoms with Crippen LogP contribution in [0.1, 0.15) is 17.5 Å². The lowest BCUT2D eigenvalue weighted by Gasteiger charge is -2.26. The van der Waals surface area contributed by atoms with Crippen molar-refractivity contribution >= 4 is 5.91 Å². The number of hydrogen-bond acceptors (Lipinski definition) is 4. The molecule has 0 spiro atoms. The van der Waals surface area contributed by atoms with Crippen molar-refractivity contribution in [1.29, 1.82) is 0 Å². The minimum atomic E-state index is -0.481.